The van der Waals surface area contributed by atoms with Crippen molar-refractivity contribution in [1.29, 1.82) is 0 Å². The van der Waals surface area contributed by atoms with Crippen molar-refractivity contribution in [3.63, 3.8) is 0 Å². The Labute approximate surface area is 145 Å². The van der Waals surface area contributed by atoms with Gasteiger partial charge in [-0.3, -0.25) is 4.79 Å². The first-order chi connectivity index (χ1) is 11.0. The Morgan fingerprint density at radius 1 is 1.13 bits per heavy atom. The van der Waals surface area contributed by atoms with Crippen molar-refractivity contribution >= 4 is 33.2 Å². The fourth-order valence-corrected chi connectivity index (χ4v) is 2.39. The first-order valence-electron chi connectivity index (χ1n) is 7.36. The molecule has 0 aliphatic heterocycles. The molecule has 0 saturated carbocycles. The first kappa shape index (κ1) is 17.2. The summed E-state index contributed by atoms with van der Waals surface area (Å²) in [4.78, 5) is 11.9. The third-order valence-corrected chi connectivity index (χ3v) is 3.96. The fraction of sp³-hybridized carbons (Fsp3) is 0.222. The Morgan fingerprint density at radius 3 is 2.48 bits per heavy atom. The second-order valence-electron chi connectivity index (χ2n) is 5.41. The topological polar surface area (TPSA) is 53.5 Å². The number of aryl methyl sites for hydroxylation is 2. The molecule has 0 spiro atoms. The summed E-state index contributed by atoms with van der Waals surface area (Å²) >= 11 is 3.39. The molecule has 2 N–H and O–H groups in total. The second kappa shape index (κ2) is 7.92. The average molecular weight is 374 g/mol. The van der Waals surface area contributed by atoms with Crippen LogP contribution in [0, 0.1) is 13.8 Å². The first-order valence-corrected chi connectivity index (χ1v) is 8.15. The van der Waals surface area contributed by atoms with Gasteiger partial charge in [0.25, 0.3) is 5.91 Å². The van der Waals surface area contributed by atoms with Crippen molar-refractivity contribution in [2.24, 2.45) is 5.10 Å². The SMILES string of the molecule is C/C(=N/NC(=O)CNc1ccc(C)cc1C)c1ccc(Br)cc1. The molecule has 0 radical (unpaired) electrons. The van der Waals surface area contributed by atoms with E-state index in [-0.39, 0.29) is 12.5 Å². The zero-order chi connectivity index (χ0) is 16.8. The normalized spacial score (nSPS) is 11.2. The van der Waals surface area contributed by atoms with Gasteiger partial charge in [0.1, 0.15) is 0 Å². The molecule has 0 saturated heterocycles. The van der Waals surface area contributed by atoms with Crippen molar-refractivity contribution in [2.45, 2.75) is 20.8 Å². The predicted molar refractivity (Wildman–Crippen MR) is 98.9 cm³/mol. The highest BCUT2D eigenvalue weighted by Crippen LogP contribution is 2.15. The third-order valence-electron chi connectivity index (χ3n) is 3.43. The number of nitrogens with zero attached hydrogens (tertiary/aromatic N) is 1. The van der Waals surface area contributed by atoms with Crippen LogP contribution >= 0.6 is 15.9 Å². The van der Waals surface area contributed by atoms with Crippen LogP contribution < -0.4 is 10.7 Å². The minimum atomic E-state index is -0.179. The number of hydrogen-bond acceptors (Lipinski definition) is 3. The van der Waals surface area contributed by atoms with Crippen molar-refractivity contribution in [3.8, 4) is 0 Å². The summed E-state index contributed by atoms with van der Waals surface area (Å²) in [5.41, 5.74) is 7.58. The summed E-state index contributed by atoms with van der Waals surface area (Å²) in [6.07, 6.45) is 0. The van der Waals surface area contributed by atoms with Crippen molar-refractivity contribution in [1.82, 2.24) is 5.43 Å². The monoisotopic (exact) mass is 373 g/mol. The Bertz CT molecular complexity index is 724. The number of carbonyl (C=O) groups excluding carboxylic acids is 1. The van der Waals surface area contributed by atoms with Gasteiger partial charge in [-0.1, -0.05) is 45.8 Å². The van der Waals surface area contributed by atoms with Gasteiger partial charge in [-0.05, 0) is 50.1 Å². The van der Waals surface area contributed by atoms with E-state index in [2.05, 4.69) is 37.8 Å². The second-order valence-corrected chi connectivity index (χ2v) is 6.33. The van der Waals surface area contributed by atoms with Crippen LogP contribution in [0.3, 0.4) is 0 Å². The van der Waals surface area contributed by atoms with E-state index in [0.717, 1.165) is 27.0 Å². The van der Waals surface area contributed by atoms with Crippen LogP contribution in [0.2, 0.25) is 0 Å². The van der Waals surface area contributed by atoms with Crippen LogP contribution in [-0.2, 0) is 4.79 Å². The van der Waals surface area contributed by atoms with Crippen molar-refractivity contribution in [2.75, 3.05) is 11.9 Å². The molecule has 2 rings (SSSR count). The number of carbonyl (C=O) groups is 1. The average Bonchev–Trinajstić information content (AvgIpc) is 2.52. The molecule has 0 aliphatic carbocycles. The number of rotatable bonds is 5. The lowest BCUT2D eigenvalue weighted by atomic mass is 10.1. The number of hydrogen-bond donors (Lipinski definition) is 2. The largest absolute Gasteiger partial charge is 0.376 e. The Morgan fingerprint density at radius 2 is 1.83 bits per heavy atom. The lowest BCUT2D eigenvalue weighted by molar-refractivity contribution is -0.119. The van der Waals surface area contributed by atoms with Gasteiger partial charge in [0.05, 0.1) is 12.3 Å². The van der Waals surface area contributed by atoms with E-state index in [9.17, 15) is 4.79 Å². The maximum atomic E-state index is 11.9. The fourth-order valence-electron chi connectivity index (χ4n) is 2.13. The molecule has 120 valence electrons. The molecule has 0 atom stereocenters. The molecule has 5 heteroatoms. The highest BCUT2D eigenvalue weighted by molar-refractivity contribution is 9.10. The molecule has 0 unspecified atom stereocenters. The molecule has 0 aromatic heterocycles. The van der Waals surface area contributed by atoms with Crippen LogP contribution in [0.15, 0.2) is 52.0 Å². The molecule has 0 aliphatic rings. The Kier molecular flexibility index (Phi) is 5.93. The predicted octanol–water partition coefficient (Wildman–Crippen LogP) is 4.02. The number of halogens is 1. The molecular weight excluding hydrogens is 354 g/mol. The number of anilines is 1. The van der Waals surface area contributed by atoms with Gasteiger partial charge < -0.3 is 5.32 Å². The van der Waals surface area contributed by atoms with E-state index in [1.807, 2.05) is 57.2 Å². The van der Waals surface area contributed by atoms with Crippen LogP contribution in [0.25, 0.3) is 0 Å². The zero-order valence-corrected chi connectivity index (χ0v) is 15.1. The van der Waals surface area contributed by atoms with Crippen LogP contribution in [0.1, 0.15) is 23.6 Å². The molecule has 0 bridgehead atoms. The molecule has 1 amide bonds. The standard InChI is InChI=1S/C18H20BrN3O/c1-12-4-9-17(13(2)10-12)20-11-18(23)22-21-14(3)15-5-7-16(19)8-6-15/h4-10,20H,11H2,1-3H3,(H,22,23)/b21-14-. The minimum absolute atomic E-state index is 0.179. The molecule has 0 heterocycles. The van der Waals surface area contributed by atoms with Crippen molar-refractivity contribution < 1.29 is 4.79 Å². The number of nitrogens with one attached hydrogen (secondary N) is 2. The molecular formula is C18H20BrN3O. The minimum Gasteiger partial charge on any atom is -0.376 e. The van der Waals surface area contributed by atoms with E-state index < -0.39 is 0 Å². The number of hydrazone groups is 1. The molecule has 2 aromatic rings. The molecule has 2 aromatic carbocycles. The smallest absolute Gasteiger partial charge is 0.259 e. The van der Waals surface area contributed by atoms with Gasteiger partial charge in [0, 0.05) is 10.2 Å². The summed E-state index contributed by atoms with van der Waals surface area (Å²) in [5.74, 6) is -0.179. The molecule has 4 nitrogen and oxygen atoms in total. The van der Waals surface area contributed by atoms with E-state index in [1.165, 1.54) is 5.56 Å². The van der Waals surface area contributed by atoms with Crippen LogP contribution in [-0.4, -0.2) is 18.2 Å². The van der Waals surface area contributed by atoms with Gasteiger partial charge in [0.2, 0.25) is 0 Å². The quantitative estimate of drug-likeness (QED) is 0.614. The summed E-state index contributed by atoms with van der Waals surface area (Å²) in [6.45, 7) is 6.11. The Hall–Kier alpha value is -2.14. The van der Waals surface area contributed by atoms with E-state index >= 15 is 0 Å². The lowest BCUT2D eigenvalue weighted by Gasteiger charge is -2.09. The van der Waals surface area contributed by atoms with E-state index in [0.29, 0.717) is 0 Å². The van der Waals surface area contributed by atoms with Gasteiger partial charge >= 0.3 is 0 Å². The highest BCUT2D eigenvalue weighted by atomic mass is 79.9. The zero-order valence-electron chi connectivity index (χ0n) is 13.5. The van der Waals surface area contributed by atoms with E-state index in [4.69, 9.17) is 0 Å². The highest BCUT2D eigenvalue weighted by Gasteiger charge is 2.03. The van der Waals surface area contributed by atoms with Crippen LogP contribution in [0.4, 0.5) is 5.69 Å². The maximum absolute atomic E-state index is 11.9. The van der Waals surface area contributed by atoms with Crippen LogP contribution in [0.5, 0.6) is 0 Å². The number of amides is 1. The van der Waals surface area contributed by atoms with Gasteiger partial charge in [-0.15, -0.1) is 0 Å². The van der Waals surface area contributed by atoms with Gasteiger partial charge in [-0.2, -0.15) is 5.10 Å². The molecule has 23 heavy (non-hydrogen) atoms. The van der Waals surface area contributed by atoms with E-state index in [1.54, 1.807) is 0 Å². The molecule has 0 fully saturated rings. The summed E-state index contributed by atoms with van der Waals surface area (Å²) in [6, 6.07) is 13.9. The lowest BCUT2D eigenvalue weighted by Crippen LogP contribution is -2.27. The number of benzene rings is 2. The third kappa shape index (κ3) is 5.21. The van der Waals surface area contributed by atoms with Gasteiger partial charge in [-0.25, -0.2) is 5.43 Å². The Balaban J connectivity index is 1.89. The van der Waals surface area contributed by atoms with Crippen molar-refractivity contribution in [3.05, 3.63) is 63.6 Å². The summed E-state index contributed by atoms with van der Waals surface area (Å²) in [7, 11) is 0. The van der Waals surface area contributed by atoms with Gasteiger partial charge in [0.15, 0.2) is 0 Å². The maximum Gasteiger partial charge on any atom is 0.259 e. The summed E-state index contributed by atoms with van der Waals surface area (Å²) in [5, 5.41) is 7.26. The summed E-state index contributed by atoms with van der Waals surface area (Å²) < 4.78 is 1.01.